The van der Waals surface area contributed by atoms with Crippen LogP contribution < -0.4 is 10.6 Å². The third-order valence-corrected chi connectivity index (χ3v) is 8.83. The summed E-state index contributed by atoms with van der Waals surface area (Å²) in [5.41, 5.74) is 0.207. The van der Waals surface area contributed by atoms with E-state index in [1.165, 1.54) is 46.8 Å². The van der Waals surface area contributed by atoms with Crippen molar-refractivity contribution < 1.29 is 31.2 Å². The van der Waals surface area contributed by atoms with Crippen molar-refractivity contribution in [3.05, 3.63) is 77.9 Å². The van der Waals surface area contributed by atoms with Crippen LogP contribution in [-0.4, -0.2) is 50.2 Å². The summed E-state index contributed by atoms with van der Waals surface area (Å²) >= 11 is 0. The molecule has 0 aromatic heterocycles. The number of fused-ring (bicyclic) bond motifs is 1. The van der Waals surface area contributed by atoms with Crippen LogP contribution in [0.2, 0.25) is 0 Å². The first-order valence-electron chi connectivity index (χ1n) is 11.9. The predicted molar refractivity (Wildman–Crippen MR) is 131 cm³/mol. The van der Waals surface area contributed by atoms with Crippen LogP contribution in [0.3, 0.4) is 0 Å². The molecule has 2 N–H and O–H groups in total. The molecule has 0 radical (unpaired) electrons. The molecule has 1 saturated heterocycles. The van der Waals surface area contributed by atoms with Crippen LogP contribution in [0, 0.1) is 11.8 Å². The Morgan fingerprint density at radius 3 is 2.14 bits per heavy atom. The molecule has 0 spiro atoms. The van der Waals surface area contributed by atoms with Gasteiger partial charge in [0, 0.05) is 31.2 Å². The van der Waals surface area contributed by atoms with E-state index < -0.39 is 27.7 Å². The zero-order chi connectivity index (χ0) is 26.8. The minimum absolute atomic E-state index is 0.0300. The number of sulfonamides is 1. The van der Waals surface area contributed by atoms with Crippen molar-refractivity contribution >= 4 is 21.8 Å². The van der Waals surface area contributed by atoms with Gasteiger partial charge in [-0.1, -0.05) is 18.7 Å². The van der Waals surface area contributed by atoms with Crippen LogP contribution in [0.1, 0.15) is 34.3 Å². The Balaban J connectivity index is 1.28. The van der Waals surface area contributed by atoms with E-state index in [1.54, 1.807) is 0 Å². The van der Waals surface area contributed by atoms with E-state index in [1.807, 2.05) is 0 Å². The SMILES string of the molecule is C=CC(=O)NC1CC2CN(S(=O)(=O)c3ccc(C(=O)NCCc4ccc(C(F)(F)F)cc4)cc3)CC2C1. The zero-order valence-electron chi connectivity index (χ0n) is 20.0. The Kier molecular flexibility index (Phi) is 7.75. The molecule has 2 unspecified atom stereocenters. The minimum Gasteiger partial charge on any atom is -0.352 e. The van der Waals surface area contributed by atoms with Gasteiger partial charge in [-0.2, -0.15) is 17.5 Å². The number of nitrogens with one attached hydrogen (secondary N) is 2. The average molecular weight is 536 g/mol. The quantitative estimate of drug-likeness (QED) is 0.507. The number of nitrogens with zero attached hydrogens (tertiary/aromatic N) is 1. The molecule has 0 bridgehead atoms. The smallest absolute Gasteiger partial charge is 0.352 e. The van der Waals surface area contributed by atoms with Crippen LogP contribution in [0.5, 0.6) is 0 Å². The molecule has 4 rings (SSSR count). The summed E-state index contributed by atoms with van der Waals surface area (Å²) in [7, 11) is -3.72. The molecule has 1 aliphatic carbocycles. The maximum absolute atomic E-state index is 13.1. The molecule has 2 aromatic carbocycles. The second-order valence-electron chi connectivity index (χ2n) is 9.45. The third-order valence-electron chi connectivity index (χ3n) is 6.98. The van der Waals surface area contributed by atoms with E-state index in [9.17, 15) is 31.2 Å². The lowest BCUT2D eigenvalue weighted by atomic mass is 10.0. The highest BCUT2D eigenvalue weighted by Gasteiger charge is 2.45. The van der Waals surface area contributed by atoms with Gasteiger partial charge in [0.2, 0.25) is 15.9 Å². The van der Waals surface area contributed by atoms with Crippen LogP contribution in [0.25, 0.3) is 0 Å². The summed E-state index contributed by atoms with van der Waals surface area (Å²) in [6.45, 7) is 4.44. The average Bonchev–Trinajstić information content (AvgIpc) is 3.43. The number of halogens is 3. The van der Waals surface area contributed by atoms with Gasteiger partial charge in [-0.05, 0) is 79.1 Å². The lowest BCUT2D eigenvalue weighted by Gasteiger charge is -2.19. The van der Waals surface area contributed by atoms with Gasteiger partial charge in [-0.25, -0.2) is 8.42 Å². The lowest BCUT2D eigenvalue weighted by Crippen LogP contribution is -2.35. The fourth-order valence-corrected chi connectivity index (χ4v) is 6.59. The van der Waals surface area contributed by atoms with Crippen molar-refractivity contribution in [2.75, 3.05) is 19.6 Å². The number of hydrogen-bond acceptors (Lipinski definition) is 4. The van der Waals surface area contributed by atoms with Gasteiger partial charge in [0.15, 0.2) is 0 Å². The zero-order valence-corrected chi connectivity index (χ0v) is 20.8. The molecule has 11 heteroatoms. The predicted octanol–water partition coefficient (Wildman–Crippen LogP) is 3.38. The minimum atomic E-state index is -4.40. The van der Waals surface area contributed by atoms with E-state index in [4.69, 9.17) is 0 Å². The second-order valence-corrected chi connectivity index (χ2v) is 11.4. The largest absolute Gasteiger partial charge is 0.416 e. The van der Waals surface area contributed by atoms with E-state index >= 15 is 0 Å². The molecule has 2 atom stereocenters. The van der Waals surface area contributed by atoms with Gasteiger partial charge in [-0.3, -0.25) is 9.59 Å². The fraction of sp³-hybridized carbons (Fsp3) is 0.385. The van der Waals surface area contributed by atoms with E-state index in [2.05, 4.69) is 17.2 Å². The molecule has 1 aliphatic heterocycles. The molecular weight excluding hydrogens is 507 g/mol. The highest BCUT2D eigenvalue weighted by atomic mass is 32.2. The topological polar surface area (TPSA) is 95.6 Å². The Bertz CT molecular complexity index is 1250. The number of benzene rings is 2. The summed E-state index contributed by atoms with van der Waals surface area (Å²) in [4.78, 5) is 24.1. The van der Waals surface area contributed by atoms with Crippen molar-refractivity contribution in [1.29, 1.82) is 0 Å². The number of amides is 2. The Hall–Kier alpha value is -3.18. The number of rotatable bonds is 8. The maximum atomic E-state index is 13.1. The highest BCUT2D eigenvalue weighted by Crippen LogP contribution is 2.40. The van der Waals surface area contributed by atoms with E-state index in [-0.39, 0.29) is 40.8 Å². The first-order valence-corrected chi connectivity index (χ1v) is 13.4. The highest BCUT2D eigenvalue weighted by molar-refractivity contribution is 7.89. The van der Waals surface area contributed by atoms with Crippen LogP contribution >= 0.6 is 0 Å². The van der Waals surface area contributed by atoms with Gasteiger partial charge >= 0.3 is 6.18 Å². The summed E-state index contributed by atoms with van der Waals surface area (Å²) in [5, 5.41) is 5.58. The maximum Gasteiger partial charge on any atom is 0.416 e. The molecule has 2 aliphatic rings. The van der Waals surface area contributed by atoms with Gasteiger partial charge in [-0.15, -0.1) is 0 Å². The molecule has 37 heavy (non-hydrogen) atoms. The van der Waals surface area contributed by atoms with Crippen molar-refractivity contribution in [3.63, 3.8) is 0 Å². The number of hydrogen-bond donors (Lipinski definition) is 2. The standard InChI is InChI=1S/C26H28F3N3O4S/c1-2-24(33)31-22-13-19-15-32(16-20(19)14-22)37(35,36)23-9-5-18(6-10-23)25(34)30-12-11-17-3-7-21(8-4-17)26(27,28)29/h2-10,19-20,22H,1,11-16H2,(H,30,34)(H,31,33). The first-order chi connectivity index (χ1) is 17.5. The third kappa shape index (κ3) is 6.22. The fourth-order valence-electron chi connectivity index (χ4n) is 5.04. The monoisotopic (exact) mass is 535 g/mol. The van der Waals surface area contributed by atoms with Crippen molar-refractivity contribution in [1.82, 2.24) is 14.9 Å². The molecular formula is C26H28F3N3O4S. The summed E-state index contributed by atoms with van der Waals surface area (Å²) in [6, 6.07) is 10.5. The van der Waals surface area contributed by atoms with Gasteiger partial charge < -0.3 is 10.6 Å². The summed E-state index contributed by atoms with van der Waals surface area (Å²) in [6.07, 6.45) is -1.36. The molecule has 198 valence electrons. The molecule has 2 amide bonds. The molecule has 1 heterocycles. The normalized spacial score (nSPS) is 21.9. The van der Waals surface area contributed by atoms with E-state index in [0.717, 1.165) is 25.0 Å². The summed E-state index contributed by atoms with van der Waals surface area (Å²) < 4.78 is 65.7. The van der Waals surface area contributed by atoms with Gasteiger partial charge in [0.05, 0.1) is 10.5 Å². The van der Waals surface area contributed by atoms with Crippen LogP contribution in [0.15, 0.2) is 66.1 Å². The van der Waals surface area contributed by atoms with Crippen LogP contribution in [-0.2, 0) is 27.4 Å². The van der Waals surface area contributed by atoms with Gasteiger partial charge in [0.1, 0.15) is 0 Å². The number of alkyl halides is 3. The summed E-state index contributed by atoms with van der Waals surface area (Å²) in [5.74, 6) is -0.267. The number of carbonyl (C=O) groups excluding carboxylic acids is 2. The van der Waals surface area contributed by atoms with Crippen molar-refractivity contribution in [2.24, 2.45) is 11.8 Å². The first kappa shape index (κ1) is 26.9. The molecule has 2 aromatic rings. The molecule has 2 fully saturated rings. The lowest BCUT2D eigenvalue weighted by molar-refractivity contribution is -0.137. The number of carbonyl (C=O) groups is 2. The molecule has 1 saturated carbocycles. The van der Waals surface area contributed by atoms with E-state index in [0.29, 0.717) is 25.1 Å². The van der Waals surface area contributed by atoms with Gasteiger partial charge in [0.25, 0.3) is 5.91 Å². The molecule has 7 nitrogen and oxygen atoms in total. The second kappa shape index (κ2) is 10.7. The Labute approximate surface area is 213 Å². The van der Waals surface area contributed by atoms with Crippen LogP contribution in [0.4, 0.5) is 13.2 Å². The van der Waals surface area contributed by atoms with Crippen molar-refractivity contribution in [3.8, 4) is 0 Å². The van der Waals surface area contributed by atoms with Crippen molar-refractivity contribution in [2.45, 2.75) is 36.4 Å². The Morgan fingerprint density at radius 2 is 1.59 bits per heavy atom. The Morgan fingerprint density at radius 1 is 1.00 bits per heavy atom.